The molecule has 0 heterocycles. The van der Waals surface area contributed by atoms with E-state index >= 15 is 0 Å². The van der Waals surface area contributed by atoms with Gasteiger partial charge < -0.3 is 0 Å². The second-order valence-electron chi connectivity index (χ2n) is 3.67. The van der Waals surface area contributed by atoms with Crippen molar-refractivity contribution in [1.82, 2.24) is 0 Å². The van der Waals surface area contributed by atoms with Crippen LogP contribution in [0.25, 0.3) is 0 Å². The van der Waals surface area contributed by atoms with Crippen LogP contribution in [0.15, 0.2) is 30.3 Å². The molecular formula is C9H14ClGeP. The van der Waals surface area contributed by atoms with Gasteiger partial charge in [-0.15, -0.1) is 0 Å². The van der Waals surface area contributed by atoms with Crippen LogP contribution in [0.3, 0.4) is 0 Å². The molecule has 0 spiro atoms. The molecule has 1 aromatic carbocycles. The van der Waals surface area contributed by atoms with Crippen molar-refractivity contribution >= 4 is 32.3 Å². The van der Waals surface area contributed by atoms with Crippen LogP contribution >= 0.6 is 15.4 Å². The number of benzene rings is 1. The van der Waals surface area contributed by atoms with E-state index in [1.807, 2.05) is 6.07 Å². The van der Waals surface area contributed by atoms with E-state index in [4.69, 9.17) is 10.0 Å². The van der Waals surface area contributed by atoms with Gasteiger partial charge in [-0.3, -0.25) is 0 Å². The Morgan fingerprint density at radius 2 is 1.58 bits per heavy atom. The average molecular weight is 261 g/mol. The van der Waals surface area contributed by atoms with Gasteiger partial charge in [0.05, 0.1) is 0 Å². The molecule has 1 rings (SSSR count). The summed E-state index contributed by atoms with van der Waals surface area (Å²) in [4.78, 5) is 0. The van der Waals surface area contributed by atoms with Gasteiger partial charge in [-0.05, 0) is 0 Å². The Kier molecular flexibility index (Phi) is 3.63. The molecule has 0 atom stereocenters. The third-order valence-electron chi connectivity index (χ3n) is 1.60. The van der Waals surface area contributed by atoms with E-state index in [0.717, 1.165) is 0 Å². The summed E-state index contributed by atoms with van der Waals surface area (Å²) in [5, 5.41) is 0. The molecule has 3 heteroatoms. The van der Waals surface area contributed by atoms with Crippen molar-refractivity contribution in [3.63, 3.8) is 0 Å². The van der Waals surface area contributed by atoms with E-state index in [0.29, 0.717) is 0 Å². The second kappa shape index (κ2) is 4.13. The van der Waals surface area contributed by atoms with Crippen molar-refractivity contribution in [2.24, 2.45) is 0 Å². The SMILES string of the molecule is C[P](C)(C)=[Ge]([Cl])[c]1ccccc1. The van der Waals surface area contributed by atoms with E-state index in [1.165, 1.54) is 4.40 Å². The van der Waals surface area contributed by atoms with E-state index in [2.05, 4.69) is 44.3 Å². The number of hydrogen-bond acceptors (Lipinski definition) is 0. The standard InChI is InChI=1S/C9H14ClGeP/c1-12(2,3)11(10)9-7-5-4-6-8-9/h4-8H,1-3H3. The summed E-state index contributed by atoms with van der Waals surface area (Å²) in [6.07, 6.45) is 0. The molecule has 0 bridgehead atoms. The molecule has 66 valence electrons. The number of hydrogen-bond donors (Lipinski definition) is 0. The van der Waals surface area contributed by atoms with E-state index in [1.54, 1.807) is 0 Å². The summed E-state index contributed by atoms with van der Waals surface area (Å²) < 4.78 is 1.42. The molecular weight excluding hydrogens is 247 g/mol. The molecule has 0 radical (unpaired) electrons. The van der Waals surface area contributed by atoms with Crippen LogP contribution in [0.4, 0.5) is 0 Å². The summed E-state index contributed by atoms with van der Waals surface area (Å²) in [5.74, 6) is 0. The predicted octanol–water partition coefficient (Wildman–Crippen LogP) is 2.53. The zero-order chi connectivity index (χ0) is 9.19. The van der Waals surface area contributed by atoms with Crippen LogP contribution in [0.5, 0.6) is 0 Å². The first-order chi connectivity index (χ1) is 5.52. The molecule has 0 aliphatic carbocycles. The Labute approximate surface area is 82.6 Å². The summed E-state index contributed by atoms with van der Waals surface area (Å²) in [7, 11) is 6.50. The van der Waals surface area contributed by atoms with Gasteiger partial charge in [-0.1, -0.05) is 0 Å². The van der Waals surface area contributed by atoms with Crippen LogP contribution in [-0.2, 0) is 0 Å². The molecule has 0 N–H and O–H groups in total. The fourth-order valence-corrected chi connectivity index (χ4v) is 9.02. The fourth-order valence-electron chi connectivity index (χ4n) is 0.963. The average Bonchev–Trinajstić information content (AvgIpc) is 2.03. The third kappa shape index (κ3) is 2.76. The number of halogens is 1. The van der Waals surface area contributed by atoms with Gasteiger partial charge >= 0.3 is 82.7 Å². The minimum absolute atomic E-state index is 0.797. The maximum absolute atomic E-state index is 6.50. The molecule has 0 aliphatic heterocycles. The third-order valence-corrected chi connectivity index (χ3v) is 22.3. The molecule has 0 saturated heterocycles. The van der Waals surface area contributed by atoms with E-state index in [9.17, 15) is 0 Å². The summed E-state index contributed by atoms with van der Waals surface area (Å²) in [6, 6.07) is 10.6. The summed E-state index contributed by atoms with van der Waals surface area (Å²) >= 11 is -1.44. The summed E-state index contributed by atoms with van der Waals surface area (Å²) in [6.45, 7) is 7.01. The van der Waals surface area contributed by atoms with Crippen molar-refractivity contribution in [3.05, 3.63) is 30.3 Å². The van der Waals surface area contributed by atoms with Crippen LogP contribution in [0, 0.1) is 0 Å². The monoisotopic (exact) mass is 262 g/mol. The first-order valence-electron chi connectivity index (χ1n) is 3.91. The van der Waals surface area contributed by atoms with Crippen LogP contribution in [0.2, 0.25) is 0 Å². The molecule has 12 heavy (non-hydrogen) atoms. The number of rotatable bonds is 1. The molecule has 0 saturated carbocycles. The van der Waals surface area contributed by atoms with Gasteiger partial charge in [0, 0.05) is 0 Å². The fraction of sp³-hybridized carbons (Fsp3) is 0.333. The normalized spacial score (nSPS) is 11.3. The van der Waals surface area contributed by atoms with Crippen molar-refractivity contribution in [2.75, 3.05) is 20.0 Å². The topological polar surface area (TPSA) is 0 Å². The Bertz CT molecular complexity index is 304. The molecule has 0 aliphatic rings. The van der Waals surface area contributed by atoms with E-state index < -0.39 is 17.9 Å². The van der Waals surface area contributed by atoms with Gasteiger partial charge in [-0.2, -0.15) is 0 Å². The molecule has 0 aromatic heterocycles. The van der Waals surface area contributed by atoms with Crippen molar-refractivity contribution in [3.8, 4) is 0 Å². The van der Waals surface area contributed by atoms with Crippen LogP contribution in [0.1, 0.15) is 0 Å². The zero-order valence-corrected chi connectivity index (χ0v) is 11.5. The molecule has 1 aromatic rings. The molecule has 0 fully saturated rings. The van der Waals surface area contributed by atoms with Gasteiger partial charge in [-0.25, -0.2) is 0 Å². The Morgan fingerprint density at radius 3 is 2.00 bits per heavy atom. The maximum atomic E-state index is 6.50. The Hall–Kier alpha value is 0.483. The summed E-state index contributed by atoms with van der Waals surface area (Å²) in [5.41, 5.74) is -0.797. The Morgan fingerprint density at radius 1 is 1.08 bits per heavy atom. The minimum atomic E-state index is -1.44. The first-order valence-corrected chi connectivity index (χ1v) is 13.7. The van der Waals surface area contributed by atoms with Gasteiger partial charge in [0.2, 0.25) is 0 Å². The van der Waals surface area contributed by atoms with Crippen molar-refractivity contribution in [2.45, 2.75) is 0 Å². The van der Waals surface area contributed by atoms with Crippen LogP contribution < -0.4 is 4.40 Å². The quantitative estimate of drug-likeness (QED) is 0.538. The second-order valence-corrected chi connectivity index (χ2v) is 24.2. The van der Waals surface area contributed by atoms with Crippen molar-refractivity contribution < 1.29 is 0 Å². The van der Waals surface area contributed by atoms with Gasteiger partial charge in [0.1, 0.15) is 0 Å². The van der Waals surface area contributed by atoms with Crippen LogP contribution in [-0.4, -0.2) is 32.5 Å². The van der Waals surface area contributed by atoms with Gasteiger partial charge in [0.25, 0.3) is 0 Å². The Balaban J connectivity index is 3.19. The van der Waals surface area contributed by atoms with Crippen molar-refractivity contribution in [1.29, 1.82) is 0 Å². The molecule has 0 nitrogen and oxygen atoms in total. The first kappa shape index (κ1) is 10.6. The molecule has 0 unspecified atom stereocenters. The predicted molar refractivity (Wildman–Crippen MR) is 62.4 cm³/mol. The zero-order valence-electron chi connectivity index (χ0n) is 7.71. The van der Waals surface area contributed by atoms with Gasteiger partial charge in [0.15, 0.2) is 0 Å². The molecule has 0 amide bonds. The van der Waals surface area contributed by atoms with E-state index in [-0.39, 0.29) is 0 Å².